The quantitative estimate of drug-likeness (QED) is 0.624. The molecule has 18 heavy (non-hydrogen) atoms. The number of hydrogen-bond donors (Lipinski definition) is 1. The molecule has 0 aromatic carbocycles. The van der Waals surface area contributed by atoms with Gasteiger partial charge in [-0.1, -0.05) is 36.0 Å². The van der Waals surface area contributed by atoms with Crippen molar-refractivity contribution in [3.8, 4) is 0 Å². The van der Waals surface area contributed by atoms with Gasteiger partial charge in [0, 0.05) is 45.7 Å². The van der Waals surface area contributed by atoms with Crippen LogP contribution in [0.5, 0.6) is 0 Å². The Morgan fingerprint density at radius 1 is 1.44 bits per heavy atom. The van der Waals surface area contributed by atoms with Gasteiger partial charge in [0.2, 0.25) is 0 Å². The number of likely N-dealkylation sites (N-methyl/N-ethyl adjacent to an activating group) is 1. The molecular weight excluding hydrogens is 448 g/mol. The molecule has 1 N–H and O–H groups in total. The molecule has 1 fully saturated rings. The average Bonchev–Trinajstić information content (AvgIpc) is 2.80. The minimum atomic E-state index is 0. The second-order valence-electron chi connectivity index (χ2n) is 4.41. The maximum Gasteiger partial charge on any atom is 0.0700 e. The van der Waals surface area contributed by atoms with Crippen molar-refractivity contribution in [2.45, 2.75) is 39.7 Å². The zero-order valence-corrected chi connectivity index (χ0v) is 16.4. The van der Waals surface area contributed by atoms with Crippen LogP contribution in [0.1, 0.15) is 35.0 Å². The molecule has 1 aliphatic rings. The molecule has 1 heterocycles. The van der Waals surface area contributed by atoms with E-state index in [1.54, 1.807) is 0 Å². The zero-order valence-electron chi connectivity index (χ0n) is 12.3. The summed E-state index contributed by atoms with van der Waals surface area (Å²) in [7, 11) is 1.96. The van der Waals surface area contributed by atoms with Gasteiger partial charge < -0.3 is 10.1 Å². The second-order valence-corrected chi connectivity index (χ2v) is 4.41. The molecule has 0 amide bonds. The molecular formula is C15H29NOU. The van der Waals surface area contributed by atoms with Gasteiger partial charge >= 0.3 is 0 Å². The summed E-state index contributed by atoms with van der Waals surface area (Å²) in [5.41, 5.74) is 2.37. The van der Waals surface area contributed by atoms with Crippen molar-refractivity contribution in [2.75, 3.05) is 20.2 Å². The standard InChI is InChI=1S/C9H14.C6H13NO.U.H2/c1-5-9(4)7-6-8(2)3;1-7-5-6-3-2-4-8-6;;/h5-7H,2H2,1,3-4H3;6-7H,2-5H2,1H3;;1H/b7-6-,9-5-;;;. The summed E-state index contributed by atoms with van der Waals surface area (Å²) in [5.74, 6) is 0. The van der Waals surface area contributed by atoms with Crippen molar-refractivity contribution in [2.24, 2.45) is 0 Å². The molecule has 1 rings (SSSR count). The van der Waals surface area contributed by atoms with Crippen molar-refractivity contribution < 1.29 is 37.3 Å². The Bertz CT molecular complexity index is 271. The van der Waals surface area contributed by atoms with E-state index in [1.807, 2.05) is 27.0 Å². The van der Waals surface area contributed by atoms with E-state index in [0.29, 0.717) is 6.10 Å². The van der Waals surface area contributed by atoms with Crippen LogP contribution in [-0.2, 0) is 4.74 Å². The van der Waals surface area contributed by atoms with E-state index in [4.69, 9.17) is 4.74 Å². The van der Waals surface area contributed by atoms with Crippen LogP contribution < -0.4 is 5.32 Å². The summed E-state index contributed by atoms with van der Waals surface area (Å²) < 4.78 is 5.33. The maximum absolute atomic E-state index is 5.33. The van der Waals surface area contributed by atoms with Gasteiger partial charge in [0.15, 0.2) is 0 Å². The largest absolute Gasteiger partial charge is 0.377 e. The van der Waals surface area contributed by atoms with Crippen molar-refractivity contribution in [1.29, 1.82) is 0 Å². The number of hydrogen-bond acceptors (Lipinski definition) is 2. The molecule has 104 valence electrons. The van der Waals surface area contributed by atoms with Crippen LogP contribution in [0.4, 0.5) is 0 Å². The summed E-state index contributed by atoms with van der Waals surface area (Å²) in [6.07, 6.45) is 9.12. The van der Waals surface area contributed by atoms with Crippen LogP contribution in [-0.4, -0.2) is 26.3 Å². The van der Waals surface area contributed by atoms with Crippen LogP contribution in [0.25, 0.3) is 0 Å². The normalized spacial score (nSPS) is 19.1. The van der Waals surface area contributed by atoms with E-state index in [1.165, 1.54) is 18.4 Å². The van der Waals surface area contributed by atoms with E-state index >= 15 is 0 Å². The first-order chi connectivity index (χ1) is 8.10. The molecule has 3 heteroatoms. The Hall–Kier alpha value is 0.192. The number of rotatable bonds is 4. The van der Waals surface area contributed by atoms with Crippen molar-refractivity contribution in [3.63, 3.8) is 0 Å². The molecule has 1 saturated heterocycles. The van der Waals surface area contributed by atoms with Crippen molar-refractivity contribution in [3.05, 3.63) is 36.0 Å². The van der Waals surface area contributed by atoms with E-state index in [0.717, 1.165) is 18.7 Å². The fourth-order valence-corrected chi connectivity index (χ4v) is 1.40. The Balaban J connectivity index is -0.000000244. The monoisotopic (exact) mass is 477 g/mol. The van der Waals surface area contributed by atoms with Gasteiger partial charge in [0.1, 0.15) is 0 Å². The van der Waals surface area contributed by atoms with Gasteiger partial charge in [-0.05, 0) is 40.7 Å². The molecule has 1 aliphatic heterocycles. The third-order valence-corrected chi connectivity index (χ3v) is 2.54. The molecule has 0 saturated carbocycles. The predicted octanol–water partition coefficient (Wildman–Crippen LogP) is 3.72. The van der Waals surface area contributed by atoms with Crippen molar-refractivity contribution in [1.82, 2.24) is 5.32 Å². The molecule has 1 unspecified atom stereocenters. The fourth-order valence-electron chi connectivity index (χ4n) is 1.40. The van der Waals surface area contributed by atoms with Gasteiger partial charge in [-0.2, -0.15) is 0 Å². The van der Waals surface area contributed by atoms with Gasteiger partial charge in [0.25, 0.3) is 0 Å². The SMILES string of the molecule is C=C(C)/C=C\C(C)=C/C.CNCC1CCCO1.[HH].[U]. The van der Waals surface area contributed by atoms with E-state index in [9.17, 15) is 0 Å². The van der Waals surface area contributed by atoms with Crippen LogP contribution >= 0.6 is 0 Å². The first-order valence-corrected chi connectivity index (χ1v) is 6.32. The minimum Gasteiger partial charge on any atom is -0.377 e. The predicted molar refractivity (Wildman–Crippen MR) is 78.4 cm³/mol. The number of nitrogens with one attached hydrogen (secondary N) is 1. The molecule has 0 aliphatic carbocycles. The topological polar surface area (TPSA) is 21.3 Å². The summed E-state index contributed by atoms with van der Waals surface area (Å²) in [4.78, 5) is 0. The molecule has 0 aromatic rings. The summed E-state index contributed by atoms with van der Waals surface area (Å²) >= 11 is 0. The molecule has 1 atom stereocenters. The first-order valence-electron chi connectivity index (χ1n) is 6.32. The summed E-state index contributed by atoms with van der Waals surface area (Å²) in [6.45, 7) is 11.8. The summed E-state index contributed by atoms with van der Waals surface area (Å²) in [6, 6.07) is 0. The number of ether oxygens (including phenoxy) is 1. The van der Waals surface area contributed by atoms with Crippen LogP contribution in [0.2, 0.25) is 0 Å². The average molecular weight is 477 g/mol. The minimum absolute atomic E-state index is 0. The van der Waals surface area contributed by atoms with Gasteiger partial charge in [-0.3, -0.25) is 0 Å². The van der Waals surface area contributed by atoms with Crippen LogP contribution in [0.15, 0.2) is 36.0 Å². The van der Waals surface area contributed by atoms with Crippen LogP contribution in [0, 0.1) is 31.1 Å². The van der Waals surface area contributed by atoms with E-state index < -0.39 is 0 Å². The van der Waals surface area contributed by atoms with E-state index in [-0.39, 0.29) is 32.5 Å². The molecule has 2 nitrogen and oxygen atoms in total. The third-order valence-electron chi connectivity index (χ3n) is 2.54. The Kier molecular flexibility index (Phi) is 15.5. The molecule has 0 radical (unpaired) electrons. The molecule has 0 aromatic heterocycles. The smallest absolute Gasteiger partial charge is 0.0700 e. The number of allylic oxidation sites excluding steroid dienone is 5. The van der Waals surface area contributed by atoms with Crippen LogP contribution in [0.3, 0.4) is 0 Å². The summed E-state index contributed by atoms with van der Waals surface area (Å²) in [5, 5.41) is 3.08. The first kappa shape index (κ1) is 20.5. The zero-order chi connectivity index (χ0) is 13.1. The molecule has 0 bridgehead atoms. The van der Waals surface area contributed by atoms with Crippen molar-refractivity contribution >= 4 is 0 Å². The van der Waals surface area contributed by atoms with Gasteiger partial charge in [-0.25, -0.2) is 0 Å². The Morgan fingerprint density at radius 3 is 2.50 bits per heavy atom. The third kappa shape index (κ3) is 12.6. The Labute approximate surface area is 138 Å². The fraction of sp³-hybridized carbons (Fsp3) is 0.600. The molecule has 0 spiro atoms. The van der Waals surface area contributed by atoms with Gasteiger partial charge in [0.05, 0.1) is 6.10 Å². The Morgan fingerprint density at radius 2 is 2.11 bits per heavy atom. The second kappa shape index (κ2) is 13.6. The van der Waals surface area contributed by atoms with E-state index in [2.05, 4.69) is 31.0 Å². The maximum atomic E-state index is 5.33. The van der Waals surface area contributed by atoms with Gasteiger partial charge in [-0.15, -0.1) is 0 Å².